The number of hydrogen-bond acceptors (Lipinski definition) is 1. The number of unbranched alkanes of at least 4 members (excludes halogenated alkanes) is 7. The second kappa shape index (κ2) is 13.2. The van der Waals surface area contributed by atoms with Crippen LogP contribution in [-0.2, 0) is 4.74 Å². The fourth-order valence-electron chi connectivity index (χ4n) is 5.58. The number of hydrogen-bond donors (Lipinski definition) is 0. The summed E-state index contributed by atoms with van der Waals surface area (Å²) in [4.78, 5) is 0. The van der Waals surface area contributed by atoms with Gasteiger partial charge in [-0.2, -0.15) is 0 Å². The number of rotatable bonds is 12. The van der Waals surface area contributed by atoms with Gasteiger partial charge in [0.15, 0.2) is 0 Å². The molecule has 0 bridgehead atoms. The highest BCUT2D eigenvalue weighted by Gasteiger charge is 2.30. The van der Waals surface area contributed by atoms with Gasteiger partial charge in [0.05, 0.1) is 0 Å². The molecule has 0 spiro atoms. The predicted octanol–water partition coefficient (Wildman–Crippen LogP) is 7.78. The van der Waals surface area contributed by atoms with Gasteiger partial charge in [0.25, 0.3) is 0 Å². The summed E-state index contributed by atoms with van der Waals surface area (Å²) < 4.78 is 5.36. The third-order valence-electron chi connectivity index (χ3n) is 7.32. The Morgan fingerprint density at radius 1 is 0.600 bits per heavy atom. The summed E-state index contributed by atoms with van der Waals surface area (Å²) in [5, 5.41) is 0. The quantitative estimate of drug-likeness (QED) is 0.326. The van der Waals surface area contributed by atoms with Crippen LogP contribution in [0, 0.1) is 23.7 Å². The van der Waals surface area contributed by atoms with E-state index < -0.39 is 0 Å². The van der Waals surface area contributed by atoms with Gasteiger partial charge < -0.3 is 4.74 Å². The van der Waals surface area contributed by atoms with Crippen LogP contribution >= 0.6 is 0 Å². The standard InChI is InChI=1S/C24H46O/c1-3-4-5-6-7-8-9-10-11-21-12-16-23(17-13-21)24-18-14-22(15-19-24)20-25-2/h21-24H,3-20H2,1-2H3. The third-order valence-corrected chi connectivity index (χ3v) is 7.32. The summed E-state index contributed by atoms with van der Waals surface area (Å²) in [6.45, 7) is 3.30. The summed E-state index contributed by atoms with van der Waals surface area (Å²) in [5.41, 5.74) is 0. The van der Waals surface area contributed by atoms with Crippen LogP contribution in [0.4, 0.5) is 0 Å². The van der Waals surface area contributed by atoms with Gasteiger partial charge in [0.1, 0.15) is 0 Å². The first kappa shape index (κ1) is 21.3. The lowest BCUT2D eigenvalue weighted by atomic mass is 9.69. The van der Waals surface area contributed by atoms with Crippen molar-refractivity contribution in [1.82, 2.24) is 0 Å². The molecule has 2 saturated carbocycles. The molecule has 0 unspecified atom stereocenters. The van der Waals surface area contributed by atoms with Gasteiger partial charge in [0.2, 0.25) is 0 Å². The van der Waals surface area contributed by atoms with Gasteiger partial charge in [-0.25, -0.2) is 0 Å². The van der Waals surface area contributed by atoms with Crippen LogP contribution in [0.25, 0.3) is 0 Å². The average molecular weight is 351 g/mol. The minimum atomic E-state index is 0.861. The zero-order valence-electron chi connectivity index (χ0n) is 17.4. The Labute approximate surface area is 158 Å². The molecule has 1 heteroatoms. The average Bonchev–Trinajstić information content (AvgIpc) is 2.65. The molecule has 0 heterocycles. The highest BCUT2D eigenvalue weighted by Crippen LogP contribution is 2.42. The van der Waals surface area contributed by atoms with E-state index in [1.54, 1.807) is 25.7 Å². The van der Waals surface area contributed by atoms with Gasteiger partial charge in [-0.1, -0.05) is 77.6 Å². The van der Waals surface area contributed by atoms with Crippen molar-refractivity contribution in [3.05, 3.63) is 0 Å². The van der Waals surface area contributed by atoms with Crippen molar-refractivity contribution in [2.45, 2.75) is 116 Å². The Morgan fingerprint density at radius 3 is 1.60 bits per heavy atom. The van der Waals surface area contributed by atoms with Crippen LogP contribution in [0.1, 0.15) is 116 Å². The molecule has 2 aliphatic rings. The molecule has 2 rings (SSSR count). The normalized spacial score (nSPS) is 30.5. The highest BCUT2D eigenvalue weighted by molar-refractivity contribution is 4.82. The van der Waals surface area contributed by atoms with Crippen molar-refractivity contribution in [3.63, 3.8) is 0 Å². The Hall–Kier alpha value is -0.0400. The SMILES string of the molecule is CCCCCCCCCCC1CCC(C2CCC(COC)CC2)CC1. The van der Waals surface area contributed by atoms with Crippen molar-refractivity contribution in [2.75, 3.05) is 13.7 Å². The molecule has 0 N–H and O–H groups in total. The van der Waals surface area contributed by atoms with Crippen LogP contribution in [0.15, 0.2) is 0 Å². The fraction of sp³-hybridized carbons (Fsp3) is 1.00. The second-order valence-electron chi connectivity index (χ2n) is 9.28. The molecule has 0 saturated heterocycles. The summed E-state index contributed by atoms with van der Waals surface area (Å²) in [7, 11) is 1.86. The van der Waals surface area contributed by atoms with Crippen molar-refractivity contribution in [3.8, 4) is 0 Å². The van der Waals surface area contributed by atoms with E-state index in [2.05, 4.69) is 6.92 Å². The van der Waals surface area contributed by atoms with Crippen LogP contribution < -0.4 is 0 Å². The zero-order valence-corrected chi connectivity index (χ0v) is 17.4. The van der Waals surface area contributed by atoms with E-state index in [0.29, 0.717) is 0 Å². The maximum atomic E-state index is 5.36. The number of methoxy groups -OCH3 is 1. The van der Waals surface area contributed by atoms with E-state index in [9.17, 15) is 0 Å². The van der Waals surface area contributed by atoms with Crippen LogP contribution in [0.2, 0.25) is 0 Å². The molecule has 0 amide bonds. The minimum absolute atomic E-state index is 0.861. The van der Waals surface area contributed by atoms with Crippen molar-refractivity contribution < 1.29 is 4.74 Å². The van der Waals surface area contributed by atoms with E-state index in [0.717, 1.165) is 30.3 Å². The predicted molar refractivity (Wildman–Crippen MR) is 110 cm³/mol. The van der Waals surface area contributed by atoms with Crippen molar-refractivity contribution in [1.29, 1.82) is 0 Å². The van der Waals surface area contributed by atoms with E-state index in [1.165, 1.54) is 83.5 Å². The summed E-state index contributed by atoms with van der Waals surface area (Å²) in [5.74, 6) is 4.05. The van der Waals surface area contributed by atoms with Crippen molar-refractivity contribution in [2.24, 2.45) is 23.7 Å². The van der Waals surface area contributed by atoms with Gasteiger partial charge in [-0.05, 0) is 62.2 Å². The van der Waals surface area contributed by atoms with Gasteiger partial charge >= 0.3 is 0 Å². The summed E-state index contributed by atoms with van der Waals surface area (Å²) in [6, 6.07) is 0. The van der Waals surface area contributed by atoms with Crippen LogP contribution in [0.5, 0.6) is 0 Å². The topological polar surface area (TPSA) is 9.23 Å². The summed E-state index contributed by atoms with van der Waals surface area (Å²) in [6.07, 6.45) is 25.3. The molecule has 0 radical (unpaired) electrons. The molecule has 2 aliphatic carbocycles. The molecular weight excluding hydrogens is 304 g/mol. The molecule has 0 atom stereocenters. The molecule has 0 aromatic heterocycles. The number of ether oxygens (including phenoxy) is 1. The van der Waals surface area contributed by atoms with E-state index in [-0.39, 0.29) is 0 Å². The molecule has 0 aromatic rings. The Bertz CT molecular complexity index is 297. The fourth-order valence-corrected chi connectivity index (χ4v) is 5.58. The molecule has 25 heavy (non-hydrogen) atoms. The van der Waals surface area contributed by atoms with Gasteiger partial charge in [-0.15, -0.1) is 0 Å². The lowest BCUT2D eigenvalue weighted by Gasteiger charge is -2.37. The van der Waals surface area contributed by atoms with Crippen LogP contribution in [-0.4, -0.2) is 13.7 Å². The highest BCUT2D eigenvalue weighted by atomic mass is 16.5. The zero-order chi connectivity index (χ0) is 17.7. The third kappa shape index (κ3) is 8.46. The Morgan fingerprint density at radius 2 is 1.08 bits per heavy atom. The molecule has 148 valence electrons. The molecule has 1 nitrogen and oxygen atoms in total. The Kier molecular flexibility index (Phi) is 11.2. The maximum Gasteiger partial charge on any atom is 0.0490 e. The molecular formula is C24H46O. The van der Waals surface area contributed by atoms with E-state index >= 15 is 0 Å². The molecule has 0 aromatic carbocycles. The van der Waals surface area contributed by atoms with Gasteiger partial charge in [0, 0.05) is 13.7 Å². The first-order valence-corrected chi connectivity index (χ1v) is 11.8. The van der Waals surface area contributed by atoms with E-state index in [4.69, 9.17) is 4.74 Å². The largest absolute Gasteiger partial charge is 0.384 e. The lowest BCUT2D eigenvalue weighted by molar-refractivity contribution is 0.0925. The van der Waals surface area contributed by atoms with Crippen LogP contribution in [0.3, 0.4) is 0 Å². The molecule has 0 aliphatic heterocycles. The molecule has 2 fully saturated rings. The summed E-state index contributed by atoms with van der Waals surface area (Å²) >= 11 is 0. The van der Waals surface area contributed by atoms with Crippen molar-refractivity contribution >= 4 is 0 Å². The monoisotopic (exact) mass is 350 g/mol. The second-order valence-corrected chi connectivity index (χ2v) is 9.28. The first-order chi connectivity index (χ1) is 12.3. The first-order valence-electron chi connectivity index (χ1n) is 11.8. The Balaban J connectivity index is 1.46. The van der Waals surface area contributed by atoms with Gasteiger partial charge in [-0.3, -0.25) is 0 Å². The van der Waals surface area contributed by atoms with E-state index in [1.807, 2.05) is 7.11 Å². The maximum absolute atomic E-state index is 5.36. The smallest absolute Gasteiger partial charge is 0.0490 e. The minimum Gasteiger partial charge on any atom is -0.384 e. The lowest BCUT2D eigenvalue weighted by Crippen LogP contribution is -2.27.